The highest BCUT2D eigenvalue weighted by Gasteiger charge is 2.24. The van der Waals surface area contributed by atoms with Crippen molar-refractivity contribution in [1.29, 1.82) is 5.41 Å². The van der Waals surface area contributed by atoms with Crippen molar-refractivity contribution in [2.75, 3.05) is 7.11 Å². The van der Waals surface area contributed by atoms with Crippen LogP contribution in [0.25, 0.3) is 0 Å². The number of hydrogen-bond donors (Lipinski definition) is 2. The van der Waals surface area contributed by atoms with E-state index in [0.29, 0.717) is 16.3 Å². The summed E-state index contributed by atoms with van der Waals surface area (Å²) in [7, 11) is 1.73. The van der Waals surface area contributed by atoms with Crippen LogP contribution in [0.5, 0.6) is 5.75 Å². The van der Waals surface area contributed by atoms with Crippen LogP contribution in [0, 0.1) is 5.41 Å². The van der Waals surface area contributed by atoms with E-state index in [1.807, 2.05) is 0 Å². The normalized spacial score (nSPS) is 23.1. The molecule has 4 nitrogen and oxygen atoms in total. The molecule has 2 atom stereocenters. The van der Waals surface area contributed by atoms with Gasteiger partial charge >= 0.3 is 0 Å². The number of rotatable bonds is 4. The fourth-order valence-electron chi connectivity index (χ4n) is 2.42. The van der Waals surface area contributed by atoms with Gasteiger partial charge in [0.25, 0.3) is 0 Å². The average Bonchev–Trinajstić information content (AvgIpc) is 2.41. The fourth-order valence-corrected chi connectivity index (χ4v) is 2.59. The molecule has 1 aliphatic rings. The van der Waals surface area contributed by atoms with Crippen LogP contribution in [0.1, 0.15) is 31.2 Å². The van der Waals surface area contributed by atoms with Gasteiger partial charge in [0.15, 0.2) is 0 Å². The summed E-state index contributed by atoms with van der Waals surface area (Å²) in [6, 6.07) is 5.19. The molecule has 0 aliphatic heterocycles. The van der Waals surface area contributed by atoms with Crippen LogP contribution >= 0.6 is 11.6 Å². The van der Waals surface area contributed by atoms with E-state index in [-0.39, 0.29) is 18.0 Å². The van der Waals surface area contributed by atoms with Crippen LogP contribution in [0.2, 0.25) is 5.02 Å². The minimum Gasteiger partial charge on any atom is -0.490 e. The van der Waals surface area contributed by atoms with Gasteiger partial charge in [-0.05, 0) is 37.5 Å². The summed E-state index contributed by atoms with van der Waals surface area (Å²) < 4.78 is 11.4. The van der Waals surface area contributed by atoms with Gasteiger partial charge in [0.05, 0.1) is 11.7 Å². The standard InChI is InChI=1S/C14H19ClN2O2/c1-18-10-3-2-4-11(8-10)19-13-6-5-9(15)7-12(13)14(16)17/h5-7,10-11H,2-4,8H2,1H3,(H3,16,17). The van der Waals surface area contributed by atoms with E-state index in [2.05, 4.69) is 0 Å². The van der Waals surface area contributed by atoms with E-state index in [0.717, 1.165) is 25.7 Å². The summed E-state index contributed by atoms with van der Waals surface area (Å²) in [4.78, 5) is 0. The van der Waals surface area contributed by atoms with E-state index >= 15 is 0 Å². The summed E-state index contributed by atoms with van der Waals surface area (Å²) >= 11 is 5.92. The van der Waals surface area contributed by atoms with Crippen LogP contribution in [0.4, 0.5) is 0 Å². The molecular formula is C14H19ClN2O2. The Morgan fingerprint density at radius 1 is 1.37 bits per heavy atom. The number of halogens is 1. The molecule has 1 aromatic rings. The average molecular weight is 283 g/mol. The Kier molecular flexibility index (Phi) is 4.66. The number of nitrogens with two attached hydrogens (primary N) is 1. The first-order valence-electron chi connectivity index (χ1n) is 6.43. The Balaban J connectivity index is 2.12. The molecule has 104 valence electrons. The molecule has 0 bridgehead atoms. The lowest BCUT2D eigenvalue weighted by Crippen LogP contribution is -2.30. The van der Waals surface area contributed by atoms with E-state index in [1.54, 1.807) is 25.3 Å². The second kappa shape index (κ2) is 6.26. The Morgan fingerprint density at radius 2 is 2.11 bits per heavy atom. The van der Waals surface area contributed by atoms with Gasteiger partial charge in [-0.15, -0.1) is 0 Å². The molecule has 1 saturated carbocycles. The number of benzene rings is 1. The zero-order chi connectivity index (χ0) is 13.8. The first-order valence-corrected chi connectivity index (χ1v) is 6.81. The quantitative estimate of drug-likeness (QED) is 0.659. The maximum absolute atomic E-state index is 7.58. The van der Waals surface area contributed by atoms with Crippen molar-refractivity contribution >= 4 is 17.4 Å². The highest BCUT2D eigenvalue weighted by Crippen LogP contribution is 2.28. The lowest BCUT2D eigenvalue weighted by Gasteiger charge is -2.29. The van der Waals surface area contributed by atoms with Gasteiger partial charge in [0, 0.05) is 18.6 Å². The zero-order valence-electron chi connectivity index (χ0n) is 11.0. The predicted octanol–water partition coefficient (Wildman–Crippen LogP) is 2.96. The third kappa shape index (κ3) is 3.61. The first kappa shape index (κ1) is 14.2. The maximum atomic E-state index is 7.58. The Morgan fingerprint density at radius 3 is 2.79 bits per heavy atom. The molecule has 3 N–H and O–H groups in total. The largest absolute Gasteiger partial charge is 0.490 e. The van der Waals surface area contributed by atoms with Crippen LogP contribution in [0.15, 0.2) is 18.2 Å². The van der Waals surface area contributed by atoms with Gasteiger partial charge in [0.2, 0.25) is 0 Å². The third-order valence-corrected chi connectivity index (χ3v) is 3.67. The van der Waals surface area contributed by atoms with Crippen LogP contribution < -0.4 is 10.5 Å². The summed E-state index contributed by atoms with van der Waals surface area (Å²) in [5, 5.41) is 8.13. The lowest BCUT2D eigenvalue weighted by molar-refractivity contribution is 0.0209. The second-order valence-corrected chi connectivity index (χ2v) is 5.25. The highest BCUT2D eigenvalue weighted by molar-refractivity contribution is 6.31. The van der Waals surface area contributed by atoms with Gasteiger partial charge in [-0.3, -0.25) is 5.41 Å². The molecule has 0 heterocycles. The monoisotopic (exact) mass is 282 g/mol. The van der Waals surface area contributed by atoms with Crippen molar-refractivity contribution in [2.45, 2.75) is 37.9 Å². The minimum absolute atomic E-state index is 0.0309. The van der Waals surface area contributed by atoms with Crippen LogP contribution in [-0.2, 0) is 4.74 Å². The molecule has 0 radical (unpaired) electrons. The minimum atomic E-state index is -0.0309. The van der Waals surface area contributed by atoms with E-state index < -0.39 is 0 Å². The Labute approximate surface area is 118 Å². The van der Waals surface area contributed by atoms with Crippen LogP contribution in [-0.4, -0.2) is 25.2 Å². The second-order valence-electron chi connectivity index (χ2n) is 4.82. The summed E-state index contributed by atoms with van der Waals surface area (Å²) in [6.07, 6.45) is 4.41. The third-order valence-electron chi connectivity index (χ3n) is 3.44. The topological polar surface area (TPSA) is 68.3 Å². The van der Waals surface area contributed by atoms with Gasteiger partial charge in [-0.2, -0.15) is 0 Å². The number of methoxy groups -OCH3 is 1. The van der Waals surface area contributed by atoms with Crippen molar-refractivity contribution < 1.29 is 9.47 Å². The van der Waals surface area contributed by atoms with Crippen molar-refractivity contribution in [1.82, 2.24) is 0 Å². The van der Waals surface area contributed by atoms with Gasteiger partial charge < -0.3 is 15.2 Å². The van der Waals surface area contributed by atoms with E-state index in [4.69, 9.17) is 32.2 Å². The van der Waals surface area contributed by atoms with Crippen molar-refractivity contribution in [3.05, 3.63) is 28.8 Å². The molecule has 2 rings (SSSR count). The molecule has 1 fully saturated rings. The van der Waals surface area contributed by atoms with Gasteiger partial charge in [0.1, 0.15) is 17.7 Å². The smallest absolute Gasteiger partial charge is 0.130 e. The summed E-state index contributed by atoms with van der Waals surface area (Å²) in [6.45, 7) is 0. The van der Waals surface area contributed by atoms with Gasteiger partial charge in [-0.1, -0.05) is 11.6 Å². The Hall–Kier alpha value is -1.26. The number of nitrogens with one attached hydrogen (secondary N) is 1. The SMILES string of the molecule is COC1CCCC(Oc2ccc(Cl)cc2C(=N)N)C1. The van der Waals surface area contributed by atoms with Crippen molar-refractivity contribution in [3.8, 4) is 5.75 Å². The van der Waals surface area contributed by atoms with Gasteiger partial charge in [-0.25, -0.2) is 0 Å². The summed E-state index contributed by atoms with van der Waals surface area (Å²) in [5.74, 6) is 0.593. The predicted molar refractivity (Wildman–Crippen MR) is 76.1 cm³/mol. The first-order chi connectivity index (χ1) is 9.10. The molecule has 0 saturated heterocycles. The zero-order valence-corrected chi connectivity index (χ0v) is 11.7. The maximum Gasteiger partial charge on any atom is 0.130 e. The molecule has 0 spiro atoms. The molecule has 2 unspecified atom stereocenters. The highest BCUT2D eigenvalue weighted by atomic mass is 35.5. The Bertz CT molecular complexity index is 465. The number of nitrogen functional groups attached to an aromatic ring is 1. The number of hydrogen-bond acceptors (Lipinski definition) is 3. The molecule has 5 heteroatoms. The molecule has 0 amide bonds. The van der Waals surface area contributed by atoms with Crippen molar-refractivity contribution in [2.24, 2.45) is 5.73 Å². The fraction of sp³-hybridized carbons (Fsp3) is 0.500. The van der Waals surface area contributed by atoms with Crippen molar-refractivity contribution in [3.63, 3.8) is 0 Å². The summed E-state index contributed by atoms with van der Waals surface area (Å²) in [5.41, 5.74) is 6.11. The molecule has 0 aromatic heterocycles. The lowest BCUT2D eigenvalue weighted by atomic mass is 9.95. The molecular weight excluding hydrogens is 264 g/mol. The number of amidine groups is 1. The molecule has 1 aromatic carbocycles. The number of ether oxygens (including phenoxy) is 2. The van der Waals surface area contributed by atoms with E-state index in [1.165, 1.54) is 0 Å². The van der Waals surface area contributed by atoms with E-state index in [9.17, 15) is 0 Å². The molecule has 19 heavy (non-hydrogen) atoms. The van der Waals surface area contributed by atoms with Crippen LogP contribution in [0.3, 0.4) is 0 Å². The molecule has 1 aliphatic carbocycles.